The van der Waals surface area contributed by atoms with Gasteiger partial charge in [-0.05, 0) is 43.5 Å². The van der Waals surface area contributed by atoms with Crippen molar-refractivity contribution in [1.82, 2.24) is 0 Å². The molecule has 1 rings (SSSR count). The molecule has 0 saturated carbocycles. The molecule has 0 atom stereocenters. The molecule has 0 saturated heterocycles. The maximum absolute atomic E-state index is 11.8. The van der Waals surface area contributed by atoms with Crippen LogP contribution in [0.1, 0.15) is 29.5 Å². The molecule has 0 unspecified atom stereocenters. The van der Waals surface area contributed by atoms with Crippen LogP contribution in [0.4, 0.5) is 5.69 Å². The van der Waals surface area contributed by atoms with E-state index in [4.69, 9.17) is 4.74 Å². The minimum Gasteiger partial charge on any atom is -0.496 e. The number of esters is 1. The minimum atomic E-state index is -0.390. The summed E-state index contributed by atoms with van der Waals surface area (Å²) in [6.45, 7) is 5.80. The van der Waals surface area contributed by atoms with Gasteiger partial charge in [-0.1, -0.05) is 0 Å². The number of amides is 1. The first-order valence-corrected chi connectivity index (χ1v) is 6.42. The van der Waals surface area contributed by atoms with Crippen LogP contribution in [-0.4, -0.2) is 26.1 Å². The predicted octanol–water partition coefficient (Wildman–Crippen LogP) is 2.51. The second kappa shape index (κ2) is 6.93. The highest BCUT2D eigenvalue weighted by atomic mass is 16.5. The first kappa shape index (κ1) is 16.0. The van der Waals surface area contributed by atoms with E-state index in [-0.39, 0.29) is 24.7 Å². The van der Waals surface area contributed by atoms with Gasteiger partial charge in [0.05, 0.1) is 20.6 Å². The molecule has 1 amide bonds. The monoisotopic (exact) mass is 279 g/mol. The molecule has 0 radical (unpaired) electrons. The fourth-order valence-corrected chi connectivity index (χ4v) is 2.03. The van der Waals surface area contributed by atoms with E-state index in [2.05, 4.69) is 10.1 Å². The largest absolute Gasteiger partial charge is 0.496 e. The van der Waals surface area contributed by atoms with Crippen LogP contribution in [-0.2, 0) is 14.3 Å². The standard InChI is InChI=1S/C15H21NO4/c1-9-8-12(10(2)11(3)15(9)20-5)16-13(17)6-7-14(18)19-4/h8H,6-7H2,1-5H3,(H,16,17). The number of carbonyl (C=O) groups excluding carboxylic acids is 2. The van der Waals surface area contributed by atoms with Crippen molar-refractivity contribution in [2.24, 2.45) is 0 Å². The molecule has 0 aliphatic carbocycles. The van der Waals surface area contributed by atoms with Gasteiger partial charge in [0, 0.05) is 12.1 Å². The highest BCUT2D eigenvalue weighted by Crippen LogP contribution is 2.31. The van der Waals surface area contributed by atoms with Gasteiger partial charge in [0.1, 0.15) is 5.75 Å². The quantitative estimate of drug-likeness (QED) is 0.841. The number of hydrogen-bond acceptors (Lipinski definition) is 4. The van der Waals surface area contributed by atoms with Gasteiger partial charge >= 0.3 is 5.97 Å². The third-order valence-corrected chi connectivity index (χ3v) is 3.29. The van der Waals surface area contributed by atoms with Gasteiger partial charge in [0.15, 0.2) is 0 Å². The maximum Gasteiger partial charge on any atom is 0.306 e. The third kappa shape index (κ3) is 3.73. The van der Waals surface area contributed by atoms with Gasteiger partial charge in [-0.2, -0.15) is 0 Å². The second-order valence-corrected chi connectivity index (χ2v) is 4.65. The number of hydrogen-bond donors (Lipinski definition) is 1. The van der Waals surface area contributed by atoms with E-state index in [0.29, 0.717) is 0 Å². The summed E-state index contributed by atoms with van der Waals surface area (Å²) in [5, 5.41) is 2.82. The van der Waals surface area contributed by atoms with Gasteiger partial charge in [-0.3, -0.25) is 9.59 Å². The molecule has 0 bridgehead atoms. The number of methoxy groups -OCH3 is 2. The molecular formula is C15H21NO4. The summed E-state index contributed by atoms with van der Waals surface area (Å²) in [5.41, 5.74) is 3.66. The van der Waals surface area contributed by atoms with Crippen LogP contribution in [0.25, 0.3) is 0 Å². The van der Waals surface area contributed by atoms with Crippen LogP contribution in [0.2, 0.25) is 0 Å². The van der Waals surface area contributed by atoms with Crippen molar-refractivity contribution in [3.63, 3.8) is 0 Å². The Bertz CT molecular complexity index is 523. The zero-order valence-electron chi connectivity index (χ0n) is 12.6. The Labute approximate surface area is 119 Å². The van der Waals surface area contributed by atoms with Crippen LogP contribution in [0, 0.1) is 20.8 Å². The molecule has 0 heterocycles. The zero-order chi connectivity index (χ0) is 15.3. The Balaban J connectivity index is 2.83. The Morgan fingerprint density at radius 3 is 2.30 bits per heavy atom. The molecule has 1 aromatic rings. The smallest absolute Gasteiger partial charge is 0.306 e. The number of aryl methyl sites for hydroxylation is 1. The lowest BCUT2D eigenvalue weighted by molar-refractivity contribution is -0.141. The van der Waals surface area contributed by atoms with Crippen molar-refractivity contribution in [2.75, 3.05) is 19.5 Å². The maximum atomic E-state index is 11.8. The molecule has 0 aromatic heterocycles. The van der Waals surface area contributed by atoms with Gasteiger partial charge in [0.2, 0.25) is 5.91 Å². The second-order valence-electron chi connectivity index (χ2n) is 4.65. The van der Waals surface area contributed by atoms with E-state index < -0.39 is 0 Å². The third-order valence-electron chi connectivity index (χ3n) is 3.29. The molecule has 0 fully saturated rings. The minimum absolute atomic E-state index is 0.0789. The molecule has 5 nitrogen and oxygen atoms in total. The van der Waals surface area contributed by atoms with Gasteiger partial charge in [0.25, 0.3) is 0 Å². The predicted molar refractivity (Wildman–Crippen MR) is 77.1 cm³/mol. The Morgan fingerprint density at radius 2 is 1.75 bits per heavy atom. The summed E-state index contributed by atoms with van der Waals surface area (Å²) in [6.07, 6.45) is 0.186. The average Bonchev–Trinajstić information content (AvgIpc) is 2.42. The van der Waals surface area contributed by atoms with E-state index >= 15 is 0 Å². The summed E-state index contributed by atoms with van der Waals surface area (Å²) < 4.78 is 9.84. The lowest BCUT2D eigenvalue weighted by Gasteiger charge is -2.16. The summed E-state index contributed by atoms with van der Waals surface area (Å²) in [4.78, 5) is 22.8. The lowest BCUT2D eigenvalue weighted by atomic mass is 10.0. The van der Waals surface area contributed by atoms with Crippen LogP contribution in [0.5, 0.6) is 5.75 Å². The summed E-state index contributed by atoms with van der Waals surface area (Å²) in [7, 11) is 2.93. The van der Waals surface area contributed by atoms with Crippen molar-refractivity contribution in [2.45, 2.75) is 33.6 Å². The number of nitrogens with one attached hydrogen (secondary N) is 1. The average molecular weight is 279 g/mol. The van der Waals surface area contributed by atoms with Crippen molar-refractivity contribution >= 4 is 17.6 Å². The summed E-state index contributed by atoms with van der Waals surface area (Å²) in [6, 6.07) is 1.87. The molecule has 5 heteroatoms. The highest BCUT2D eigenvalue weighted by molar-refractivity contribution is 5.93. The number of rotatable bonds is 5. The number of ether oxygens (including phenoxy) is 2. The number of carbonyl (C=O) groups is 2. The van der Waals surface area contributed by atoms with Gasteiger partial charge < -0.3 is 14.8 Å². The molecule has 0 aliphatic rings. The van der Waals surface area contributed by atoms with Gasteiger partial charge in [-0.25, -0.2) is 0 Å². The Morgan fingerprint density at radius 1 is 1.10 bits per heavy atom. The first-order valence-electron chi connectivity index (χ1n) is 6.42. The van der Waals surface area contributed by atoms with E-state index in [0.717, 1.165) is 28.1 Å². The van der Waals surface area contributed by atoms with Crippen LogP contribution >= 0.6 is 0 Å². The van der Waals surface area contributed by atoms with E-state index in [1.54, 1.807) is 7.11 Å². The molecule has 0 aliphatic heterocycles. The van der Waals surface area contributed by atoms with Crippen LogP contribution in [0.3, 0.4) is 0 Å². The molecular weight excluding hydrogens is 258 g/mol. The summed E-state index contributed by atoms with van der Waals surface area (Å²) in [5.74, 6) is 0.233. The van der Waals surface area contributed by atoms with Crippen LogP contribution in [0.15, 0.2) is 6.07 Å². The lowest BCUT2D eigenvalue weighted by Crippen LogP contribution is -2.15. The first-order chi connectivity index (χ1) is 9.40. The molecule has 1 aromatic carbocycles. The SMILES string of the molecule is COC(=O)CCC(=O)Nc1cc(C)c(OC)c(C)c1C. The normalized spacial score (nSPS) is 10.1. The van der Waals surface area contributed by atoms with Crippen molar-refractivity contribution in [1.29, 1.82) is 0 Å². The van der Waals surface area contributed by atoms with Crippen LogP contribution < -0.4 is 10.1 Å². The van der Waals surface area contributed by atoms with Crippen molar-refractivity contribution in [3.8, 4) is 5.75 Å². The fourth-order valence-electron chi connectivity index (χ4n) is 2.03. The Kier molecular flexibility index (Phi) is 5.55. The van der Waals surface area contributed by atoms with Crippen molar-refractivity contribution < 1.29 is 19.1 Å². The number of anilines is 1. The molecule has 110 valence electrons. The molecule has 0 spiro atoms. The molecule has 20 heavy (non-hydrogen) atoms. The fraction of sp³-hybridized carbons (Fsp3) is 0.467. The zero-order valence-corrected chi connectivity index (χ0v) is 12.6. The van der Waals surface area contributed by atoms with E-state index in [1.165, 1.54) is 7.11 Å². The topological polar surface area (TPSA) is 64.6 Å². The molecule has 1 N–H and O–H groups in total. The number of benzene rings is 1. The van der Waals surface area contributed by atoms with Gasteiger partial charge in [-0.15, -0.1) is 0 Å². The Hall–Kier alpha value is -2.04. The summed E-state index contributed by atoms with van der Waals surface area (Å²) >= 11 is 0. The van der Waals surface area contributed by atoms with Crippen molar-refractivity contribution in [3.05, 3.63) is 22.8 Å². The van der Waals surface area contributed by atoms with E-state index in [9.17, 15) is 9.59 Å². The van der Waals surface area contributed by atoms with E-state index in [1.807, 2.05) is 26.8 Å². The highest BCUT2D eigenvalue weighted by Gasteiger charge is 2.13.